The van der Waals surface area contributed by atoms with Gasteiger partial charge < -0.3 is 9.94 Å². The van der Waals surface area contributed by atoms with E-state index >= 15 is 0 Å². The molecule has 8 heteroatoms. The van der Waals surface area contributed by atoms with Crippen molar-refractivity contribution in [1.29, 1.82) is 0 Å². The van der Waals surface area contributed by atoms with Gasteiger partial charge in [-0.2, -0.15) is 9.04 Å². The molecule has 33 heavy (non-hydrogen) atoms. The smallest absolute Gasteiger partial charge is 0.243 e. The third-order valence-electron chi connectivity index (χ3n) is 6.74. The molecule has 3 heterocycles. The minimum atomic E-state index is -3.62. The molecule has 6 nitrogen and oxygen atoms in total. The molecule has 0 saturated carbocycles. The molecule has 1 fully saturated rings. The summed E-state index contributed by atoms with van der Waals surface area (Å²) in [6, 6.07) is 17.7. The van der Waals surface area contributed by atoms with Crippen LogP contribution in [0.2, 0.25) is 5.02 Å². The highest BCUT2D eigenvalue weighted by molar-refractivity contribution is 7.89. The minimum absolute atomic E-state index is 0.282. The first-order chi connectivity index (χ1) is 15.7. The van der Waals surface area contributed by atoms with Crippen molar-refractivity contribution >= 4 is 21.6 Å². The zero-order chi connectivity index (χ0) is 23.4. The number of aromatic nitrogens is 1. The van der Waals surface area contributed by atoms with Gasteiger partial charge in [-0.25, -0.2) is 8.42 Å². The number of ether oxygens (including phenoxy) is 1. The summed E-state index contributed by atoms with van der Waals surface area (Å²) in [5.41, 5.74) is 2.70. The first kappa shape index (κ1) is 22.3. The predicted molar refractivity (Wildman–Crippen MR) is 125 cm³/mol. The molecule has 1 spiro atoms. The Morgan fingerprint density at radius 3 is 2.61 bits per heavy atom. The molecule has 2 aromatic carbocycles. The van der Waals surface area contributed by atoms with Gasteiger partial charge in [-0.15, -0.1) is 0 Å². The molecule has 0 radical (unpaired) electrons. The Bertz CT molecular complexity index is 1310. The first-order valence-corrected chi connectivity index (χ1v) is 12.8. The highest BCUT2D eigenvalue weighted by Crippen LogP contribution is 2.52. The van der Waals surface area contributed by atoms with Crippen molar-refractivity contribution in [2.75, 3.05) is 6.54 Å². The van der Waals surface area contributed by atoms with Gasteiger partial charge in [0.15, 0.2) is 12.3 Å². The maximum Gasteiger partial charge on any atom is 0.243 e. The van der Waals surface area contributed by atoms with Crippen molar-refractivity contribution in [2.24, 2.45) is 0 Å². The van der Waals surface area contributed by atoms with Crippen molar-refractivity contribution in [3.05, 3.63) is 99.5 Å². The molecule has 0 aliphatic carbocycles. The number of aryl methyl sites for hydroxylation is 1. The van der Waals surface area contributed by atoms with E-state index in [4.69, 9.17) is 16.3 Å². The Kier molecular flexibility index (Phi) is 5.48. The number of pyridine rings is 1. The molecule has 3 unspecified atom stereocenters. The summed E-state index contributed by atoms with van der Waals surface area (Å²) in [6.07, 6.45) is 1.80. The van der Waals surface area contributed by atoms with Crippen molar-refractivity contribution in [3.63, 3.8) is 0 Å². The summed E-state index contributed by atoms with van der Waals surface area (Å²) in [4.78, 5) is 0.299. The molecular weight excluding hydrogens is 460 g/mol. The van der Waals surface area contributed by atoms with Gasteiger partial charge in [0.1, 0.15) is 0 Å². The molecule has 172 valence electrons. The summed E-state index contributed by atoms with van der Waals surface area (Å²) in [6.45, 7) is 4.17. The van der Waals surface area contributed by atoms with Crippen molar-refractivity contribution in [2.45, 2.75) is 49.3 Å². The summed E-state index contributed by atoms with van der Waals surface area (Å²) in [5.74, 6) is 0. The fourth-order valence-electron chi connectivity index (χ4n) is 5.13. The number of piperidine rings is 1. The lowest BCUT2D eigenvalue weighted by Crippen LogP contribution is -2.50. The van der Waals surface area contributed by atoms with Gasteiger partial charge in [-0.05, 0) is 49.9 Å². The second kappa shape index (κ2) is 8.09. The normalized spacial score (nSPS) is 25.3. The van der Waals surface area contributed by atoms with Crippen LogP contribution >= 0.6 is 11.6 Å². The fourth-order valence-corrected chi connectivity index (χ4v) is 6.93. The quantitative estimate of drug-likeness (QED) is 0.406. The van der Waals surface area contributed by atoms with Gasteiger partial charge in [0.2, 0.25) is 15.7 Å². The standard InChI is InChI=1S/C25H25ClN2O4S/c1-17-7-9-20(10-8-17)33(30,31)28-14-12-25(16-18(28)2)22-6-4-3-5-21(22)24(32-25)23-15-19(26)11-13-27(23)29/h3-11,13,15,18,24H,12,14,16H2,1-2H3. The Morgan fingerprint density at radius 1 is 1.15 bits per heavy atom. The average Bonchev–Trinajstić information content (AvgIpc) is 3.09. The van der Waals surface area contributed by atoms with Crippen molar-refractivity contribution < 1.29 is 17.9 Å². The maximum atomic E-state index is 13.4. The van der Waals surface area contributed by atoms with Crippen LogP contribution in [-0.4, -0.2) is 25.3 Å². The third-order valence-corrected chi connectivity index (χ3v) is 9.00. The summed E-state index contributed by atoms with van der Waals surface area (Å²) in [7, 11) is -3.62. The lowest BCUT2D eigenvalue weighted by atomic mass is 9.81. The number of halogens is 1. The lowest BCUT2D eigenvalue weighted by molar-refractivity contribution is -0.618. The van der Waals surface area contributed by atoms with E-state index in [2.05, 4.69) is 0 Å². The molecule has 2 aliphatic rings. The van der Waals surface area contributed by atoms with Gasteiger partial charge in [0.25, 0.3) is 0 Å². The maximum absolute atomic E-state index is 13.4. The summed E-state index contributed by atoms with van der Waals surface area (Å²) < 4.78 is 35.7. The summed E-state index contributed by atoms with van der Waals surface area (Å²) in [5, 5.41) is 13.0. The number of nitrogens with zero attached hydrogens (tertiary/aromatic N) is 2. The van der Waals surface area contributed by atoms with Crippen LogP contribution in [0.25, 0.3) is 0 Å². The minimum Gasteiger partial charge on any atom is -0.618 e. The fraction of sp³-hybridized carbons (Fsp3) is 0.320. The van der Waals surface area contributed by atoms with E-state index in [-0.39, 0.29) is 6.04 Å². The second-order valence-electron chi connectivity index (χ2n) is 8.91. The summed E-state index contributed by atoms with van der Waals surface area (Å²) >= 11 is 6.18. The first-order valence-electron chi connectivity index (χ1n) is 11.0. The highest BCUT2D eigenvalue weighted by Gasteiger charge is 2.52. The monoisotopic (exact) mass is 484 g/mol. The largest absolute Gasteiger partial charge is 0.618 e. The number of benzene rings is 2. The van der Waals surface area contributed by atoms with E-state index in [0.717, 1.165) is 21.4 Å². The Hall–Kier alpha value is -2.45. The SMILES string of the molecule is Cc1ccc(S(=O)(=O)N2CCC3(CC2C)OC(c2cc(Cl)cc[n+]2[O-])c2ccccc23)cc1. The van der Waals surface area contributed by atoms with Crippen LogP contribution in [0.15, 0.2) is 71.8 Å². The van der Waals surface area contributed by atoms with Crippen LogP contribution in [0.3, 0.4) is 0 Å². The van der Waals surface area contributed by atoms with E-state index in [9.17, 15) is 13.6 Å². The van der Waals surface area contributed by atoms with Gasteiger partial charge in [0.05, 0.1) is 15.5 Å². The lowest BCUT2D eigenvalue weighted by Gasteiger charge is -2.43. The Balaban J connectivity index is 1.48. The van der Waals surface area contributed by atoms with Crippen LogP contribution < -0.4 is 4.73 Å². The van der Waals surface area contributed by atoms with E-state index in [0.29, 0.717) is 35.0 Å². The second-order valence-corrected chi connectivity index (χ2v) is 11.2. The zero-order valence-corrected chi connectivity index (χ0v) is 20.0. The number of sulfonamides is 1. The number of rotatable bonds is 3. The van der Waals surface area contributed by atoms with Crippen LogP contribution in [0.1, 0.15) is 48.3 Å². The Morgan fingerprint density at radius 2 is 1.88 bits per heavy atom. The Labute approximate surface area is 199 Å². The molecular formula is C25H25ClN2O4S. The molecule has 0 N–H and O–H groups in total. The number of fused-ring (bicyclic) bond motifs is 2. The van der Waals surface area contributed by atoms with Crippen LogP contribution in [-0.2, 0) is 20.4 Å². The van der Waals surface area contributed by atoms with Crippen molar-refractivity contribution in [1.82, 2.24) is 4.31 Å². The van der Waals surface area contributed by atoms with Crippen molar-refractivity contribution in [3.8, 4) is 0 Å². The van der Waals surface area contributed by atoms with Gasteiger partial charge in [-0.3, -0.25) is 0 Å². The van der Waals surface area contributed by atoms with E-state index < -0.39 is 21.7 Å². The average molecular weight is 485 g/mol. The molecule has 2 aliphatic heterocycles. The molecule has 3 aromatic rings. The van der Waals surface area contributed by atoms with Gasteiger partial charge >= 0.3 is 0 Å². The molecule has 0 amide bonds. The van der Waals surface area contributed by atoms with E-state index in [1.165, 1.54) is 6.20 Å². The molecule has 1 saturated heterocycles. The topological polar surface area (TPSA) is 73.5 Å². The number of hydrogen-bond acceptors (Lipinski definition) is 4. The molecule has 1 aromatic heterocycles. The molecule has 5 rings (SSSR count). The van der Waals surface area contributed by atoms with E-state index in [1.54, 1.807) is 28.6 Å². The van der Waals surface area contributed by atoms with Crippen LogP contribution in [0.4, 0.5) is 0 Å². The van der Waals surface area contributed by atoms with Gasteiger partial charge in [-0.1, -0.05) is 53.6 Å². The van der Waals surface area contributed by atoms with Crippen LogP contribution in [0, 0.1) is 12.1 Å². The third kappa shape index (κ3) is 3.73. The number of hydrogen-bond donors (Lipinski definition) is 0. The molecule has 0 bridgehead atoms. The zero-order valence-electron chi connectivity index (χ0n) is 18.4. The van der Waals surface area contributed by atoms with E-state index in [1.807, 2.05) is 50.2 Å². The highest BCUT2D eigenvalue weighted by atomic mass is 35.5. The predicted octanol–water partition coefficient (Wildman–Crippen LogP) is 4.47. The van der Waals surface area contributed by atoms with Crippen LogP contribution in [0.5, 0.6) is 0 Å². The van der Waals surface area contributed by atoms with Gasteiger partial charge in [0, 0.05) is 24.7 Å². The molecule has 3 atom stereocenters.